The molecule has 4 rings (SSSR count). The van der Waals surface area contributed by atoms with Crippen LogP contribution in [0.25, 0.3) is 0 Å². The van der Waals surface area contributed by atoms with Crippen LogP contribution >= 0.6 is 0 Å². The maximum atomic E-state index is 6.34. The molecular weight excluding hydrogens is 332 g/mol. The zero-order valence-electron chi connectivity index (χ0n) is 16.5. The molecule has 0 radical (unpaired) electrons. The van der Waals surface area contributed by atoms with Gasteiger partial charge in [-0.2, -0.15) is 0 Å². The van der Waals surface area contributed by atoms with Crippen LogP contribution in [0, 0.1) is 6.92 Å². The topological polar surface area (TPSA) is 34.2 Å². The van der Waals surface area contributed by atoms with Crippen molar-refractivity contribution in [1.82, 2.24) is 10.3 Å². The lowest BCUT2D eigenvalue weighted by atomic mass is 9.68. The highest BCUT2D eigenvalue weighted by atomic mass is 16.5. The van der Waals surface area contributed by atoms with Gasteiger partial charge in [-0.1, -0.05) is 48.7 Å². The molecule has 1 aliphatic carbocycles. The third-order valence-electron chi connectivity index (χ3n) is 6.60. The Morgan fingerprint density at radius 3 is 2.59 bits per heavy atom. The van der Waals surface area contributed by atoms with Gasteiger partial charge in [-0.3, -0.25) is 4.98 Å². The van der Waals surface area contributed by atoms with Gasteiger partial charge in [-0.25, -0.2) is 0 Å². The van der Waals surface area contributed by atoms with Crippen molar-refractivity contribution < 1.29 is 4.74 Å². The summed E-state index contributed by atoms with van der Waals surface area (Å²) in [6.45, 7) is 4.95. The number of hydrogen-bond donors (Lipinski definition) is 1. The predicted octanol–water partition coefficient (Wildman–Crippen LogP) is 4.93. The Labute approximate surface area is 163 Å². The Morgan fingerprint density at radius 2 is 1.85 bits per heavy atom. The maximum absolute atomic E-state index is 6.34. The van der Waals surface area contributed by atoms with Crippen LogP contribution in [0.1, 0.15) is 61.8 Å². The molecule has 1 N–H and O–H groups in total. The molecule has 1 spiro atoms. The molecule has 2 aliphatic rings. The van der Waals surface area contributed by atoms with E-state index in [1.54, 1.807) is 0 Å². The second-order valence-corrected chi connectivity index (χ2v) is 8.57. The Hall–Kier alpha value is -1.71. The molecule has 0 amide bonds. The molecular formula is C24H32N2O. The number of rotatable bonds is 6. The van der Waals surface area contributed by atoms with Crippen molar-refractivity contribution in [3.05, 3.63) is 65.5 Å². The van der Waals surface area contributed by atoms with Crippen LogP contribution in [0.3, 0.4) is 0 Å². The number of hydrogen-bond acceptors (Lipinski definition) is 3. The van der Waals surface area contributed by atoms with Gasteiger partial charge in [0.2, 0.25) is 0 Å². The quantitative estimate of drug-likeness (QED) is 0.738. The number of nitrogens with zero attached hydrogens (tertiary/aromatic N) is 1. The second-order valence-electron chi connectivity index (χ2n) is 8.57. The van der Waals surface area contributed by atoms with Crippen molar-refractivity contribution >= 4 is 0 Å². The number of aryl methyl sites for hydroxylation is 1. The molecule has 2 fully saturated rings. The van der Waals surface area contributed by atoms with Crippen molar-refractivity contribution in [3.8, 4) is 0 Å². The highest BCUT2D eigenvalue weighted by molar-refractivity contribution is 5.22. The summed E-state index contributed by atoms with van der Waals surface area (Å²) in [7, 11) is 0. The largest absolute Gasteiger partial charge is 0.375 e. The molecule has 0 bridgehead atoms. The zero-order chi connectivity index (χ0) is 18.6. The summed E-state index contributed by atoms with van der Waals surface area (Å²) in [5, 5.41) is 3.67. The van der Waals surface area contributed by atoms with Gasteiger partial charge >= 0.3 is 0 Å². The number of aromatic nitrogens is 1. The van der Waals surface area contributed by atoms with E-state index in [1.165, 1.54) is 42.5 Å². The fraction of sp³-hybridized carbons (Fsp3) is 0.542. The first-order chi connectivity index (χ1) is 13.2. The van der Waals surface area contributed by atoms with E-state index < -0.39 is 0 Å². The normalized spacial score (nSPS) is 24.3. The van der Waals surface area contributed by atoms with Gasteiger partial charge in [0.05, 0.1) is 5.60 Å². The Morgan fingerprint density at radius 1 is 1.04 bits per heavy atom. The van der Waals surface area contributed by atoms with E-state index in [9.17, 15) is 0 Å². The fourth-order valence-corrected chi connectivity index (χ4v) is 5.06. The maximum Gasteiger partial charge on any atom is 0.0691 e. The Kier molecular flexibility index (Phi) is 5.60. The predicted molar refractivity (Wildman–Crippen MR) is 110 cm³/mol. The first-order valence-electron chi connectivity index (χ1n) is 10.5. The zero-order valence-corrected chi connectivity index (χ0v) is 16.5. The summed E-state index contributed by atoms with van der Waals surface area (Å²) in [5.41, 5.74) is 4.18. The van der Waals surface area contributed by atoms with Crippen molar-refractivity contribution in [2.45, 2.75) is 69.4 Å². The number of ether oxygens (including phenoxy) is 1. The third-order valence-corrected chi connectivity index (χ3v) is 6.60. The monoisotopic (exact) mass is 364 g/mol. The highest BCUT2D eigenvalue weighted by Gasteiger charge is 2.48. The highest BCUT2D eigenvalue weighted by Crippen LogP contribution is 2.49. The lowest BCUT2D eigenvalue weighted by molar-refractivity contribution is -0.104. The minimum absolute atomic E-state index is 0.104. The van der Waals surface area contributed by atoms with E-state index >= 15 is 0 Å². The molecule has 1 saturated heterocycles. The Balaban J connectivity index is 1.45. The van der Waals surface area contributed by atoms with Crippen LogP contribution in [-0.4, -0.2) is 23.7 Å². The average Bonchev–Trinajstić information content (AvgIpc) is 3.15. The summed E-state index contributed by atoms with van der Waals surface area (Å²) in [4.78, 5) is 4.79. The molecule has 27 heavy (non-hydrogen) atoms. The van der Waals surface area contributed by atoms with Gasteiger partial charge in [0.25, 0.3) is 0 Å². The molecule has 1 aliphatic heterocycles. The number of benzene rings is 1. The first kappa shape index (κ1) is 18.6. The minimum atomic E-state index is 0.104. The van der Waals surface area contributed by atoms with E-state index in [0.29, 0.717) is 0 Å². The first-order valence-corrected chi connectivity index (χ1v) is 10.5. The minimum Gasteiger partial charge on any atom is -0.375 e. The molecule has 3 heteroatoms. The summed E-state index contributed by atoms with van der Waals surface area (Å²) < 4.78 is 6.34. The molecule has 0 unspecified atom stereocenters. The summed E-state index contributed by atoms with van der Waals surface area (Å²) >= 11 is 0. The summed E-state index contributed by atoms with van der Waals surface area (Å²) in [6.07, 6.45) is 10.3. The van der Waals surface area contributed by atoms with Crippen LogP contribution in [0.4, 0.5) is 0 Å². The SMILES string of the molecule is Cc1ccc(CNCC[C@@]2(c3ccccn3)CCOC3(CCCC3)C2)cc1. The number of pyridine rings is 1. The van der Waals surface area contributed by atoms with Gasteiger partial charge in [0.1, 0.15) is 0 Å². The summed E-state index contributed by atoms with van der Waals surface area (Å²) in [5.74, 6) is 0. The third kappa shape index (κ3) is 4.25. The molecule has 2 aromatic rings. The lowest BCUT2D eigenvalue weighted by Gasteiger charge is -2.46. The van der Waals surface area contributed by atoms with E-state index in [0.717, 1.165) is 39.0 Å². The van der Waals surface area contributed by atoms with Crippen molar-refractivity contribution in [2.75, 3.05) is 13.2 Å². The molecule has 1 aromatic carbocycles. The second kappa shape index (κ2) is 8.12. The average molecular weight is 365 g/mol. The standard InChI is InChI=1S/C24H32N2O/c1-20-7-9-21(10-8-20)18-25-16-13-23(22-6-2-5-15-26-22)14-17-27-24(19-23)11-3-4-12-24/h2,5-10,15,25H,3-4,11-14,16-19H2,1H3/t23-/m1/s1. The van der Waals surface area contributed by atoms with Gasteiger partial charge in [-0.15, -0.1) is 0 Å². The van der Waals surface area contributed by atoms with Crippen molar-refractivity contribution in [1.29, 1.82) is 0 Å². The fourth-order valence-electron chi connectivity index (χ4n) is 5.06. The molecule has 1 aromatic heterocycles. The molecule has 144 valence electrons. The van der Waals surface area contributed by atoms with Gasteiger partial charge in [0.15, 0.2) is 0 Å². The number of nitrogens with one attached hydrogen (secondary N) is 1. The molecule has 1 saturated carbocycles. The molecule has 3 nitrogen and oxygen atoms in total. The van der Waals surface area contributed by atoms with Crippen molar-refractivity contribution in [3.63, 3.8) is 0 Å². The van der Waals surface area contributed by atoms with Crippen molar-refractivity contribution in [2.24, 2.45) is 0 Å². The lowest BCUT2D eigenvalue weighted by Crippen LogP contribution is -2.47. The van der Waals surface area contributed by atoms with E-state index in [-0.39, 0.29) is 11.0 Å². The smallest absolute Gasteiger partial charge is 0.0691 e. The van der Waals surface area contributed by atoms with Gasteiger partial charge < -0.3 is 10.1 Å². The van der Waals surface area contributed by atoms with Gasteiger partial charge in [0, 0.05) is 30.5 Å². The summed E-state index contributed by atoms with van der Waals surface area (Å²) in [6, 6.07) is 15.2. The Bertz CT molecular complexity index is 722. The van der Waals surface area contributed by atoms with Crippen LogP contribution in [0.2, 0.25) is 0 Å². The van der Waals surface area contributed by atoms with Crippen LogP contribution in [-0.2, 0) is 16.7 Å². The molecule has 1 atom stereocenters. The van der Waals surface area contributed by atoms with Gasteiger partial charge in [-0.05, 0) is 63.3 Å². The van der Waals surface area contributed by atoms with Crippen LogP contribution < -0.4 is 5.32 Å². The molecule has 2 heterocycles. The van der Waals surface area contributed by atoms with Crippen LogP contribution in [0.15, 0.2) is 48.7 Å². The van der Waals surface area contributed by atoms with E-state index in [2.05, 4.69) is 48.6 Å². The van der Waals surface area contributed by atoms with E-state index in [4.69, 9.17) is 9.72 Å². The van der Waals surface area contributed by atoms with E-state index in [1.807, 2.05) is 12.3 Å². The van der Waals surface area contributed by atoms with Crippen LogP contribution in [0.5, 0.6) is 0 Å².